The number of carbonyl (C=O) groups is 1. The average molecular weight is 505 g/mol. The Bertz CT molecular complexity index is 515. The van der Waals surface area contributed by atoms with Crippen molar-refractivity contribution in [2.24, 2.45) is 22.7 Å². The summed E-state index contributed by atoms with van der Waals surface area (Å²) in [5.74, 6) is 1.53. The van der Waals surface area contributed by atoms with E-state index in [-0.39, 0.29) is 12.2 Å². The van der Waals surface area contributed by atoms with Crippen molar-refractivity contribution in [1.29, 1.82) is 0 Å². The molecule has 1 aliphatic heterocycles. The highest BCUT2D eigenvalue weighted by Gasteiger charge is 2.40. The first-order chi connectivity index (χ1) is 15.8. The zero-order chi connectivity index (χ0) is 25.8. The van der Waals surface area contributed by atoms with E-state index >= 15 is 0 Å². The van der Waals surface area contributed by atoms with Crippen LogP contribution in [0.4, 0.5) is 0 Å². The summed E-state index contributed by atoms with van der Waals surface area (Å²) in [7, 11) is 0. The molecule has 3 aliphatic rings. The van der Waals surface area contributed by atoms with Gasteiger partial charge in [-0.25, -0.2) is 0 Å². The monoisotopic (exact) mass is 504 g/mol. The molecule has 0 aromatic heterocycles. The van der Waals surface area contributed by atoms with E-state index in [1.54, 1.807) is 0 Å². The summed E-state index contributed by atoms with van der Waals surface area (Å²) in [5.41, 5.74) is 0.781. The summed E-state index contributed by atoms with van der Waals surface area (Å²) in [6, 6.07) is 0. The third-order valence-corrected chi connectivity index (χ3v) is 8.23. The number of halogens is 1. The third-order valence-electron chi connectivity index (χ3n) is 7.89. The molecule has 0 radical (unpaired) electrons. The molecule has 34 heavy (non-hydrogen) atoms. The number of hydrogen-bond acceptors (Lipinski definition) is 4. The van der Waals surface area contributed by atoms with Gasteiger partial charge in [-0.3, -0.25) is 4.79 Å². The second-order valence-electron chi connectivity index (χ2n) is 12.5. The van der Waals surface area contributed by atoms with Crippen LogP contribution in [0, 0.1) is 22.7 Å². The van der Waals surface area contributed by atoms with Gasteiger partial charge in [0.1, 0.15) is 0 Å². The van der Waals surface area contributed by atoms with Crippen molar-refractivity contribution >= 4 is 17.6 Å². The molecule has 0 spiro atoms. The van der Waals surface area contributed by atoms with Gasteiger partial charge in [0.05, 0.1) is 30.8 Å². The molecule has 0 bridgehead atoms. The van der Waals surface area contributed by atoms with Crippen LogP contribution in [0.2, 0.25) is 0 Å². The highest BCUT2D eigenvalue weighted by Crippen LogP contribution is 2.48. The van der Waals surface area contributed by atoms with Gasteiger partial charge in [-0.05, 0) is 86.9 Å². The van der Waals surface area contributed by atoms with Gasteiger partial charge in [0.15, 0.2) is 0 Å². The minimum Gasteiger partial charge on any atom is -0.481 e. The predicted octanol–water partition coefficient (Wildman–Crippen LogP) is 6.81. The Morgan fingerprint density at radius 3 is 1.56 bits per heavy atom. The van der Waals surface area contributed by atoms with E-state index in [4.69, 9.17) is 21.4 Å². The average Bonchev–Trinajstić information content (AvgIpc) is 3.59. The Balaban J connectivity index is 0.000000294. The highest BCUT2D eigenvalue weighted by atomic mass is 35.5. The lowest BCUT2D eigenvalue weighted by Crippen LogP contribution is -2.38. The molecular weight excluding hydrogens is 452 g/mol. The molecule has 6 heteroatoms. The second kappa shape index (κ2) is 15.7. The molecule has 202 valence electrons. The van der Waals surface area contributed by atoms with E-state index < -0.39 is 5.97 Å². The summed E-state index contributed by atoms with van der Waals surface area (Å²) in [6.45, 7) is 12.3. The van der Waals surface area contributed by atoms with E-state index in [2.05, 4.69) is 34.6 Å². The molecule has 3 rings (SSSR count). The molecule has 1 unspecified atom stereocenters. The number of aliphatic hydroxyl groups excluding tert-OH is 2. The summed E-state index contributed by atoms with van der Waals surface area (Å²) >= 11 is 5.27. The topological polar surface area (TPSA) is 90.3 Å². The largest absolute Gasteiger partial charge is 0.481 e. The van der Waals surface area contributed by atoms with Gasteiger partial charge >= 0.3 is 5.97 Å². The van der Waals surface area contributed by atoms with Crippen LogP contribution in [0.15, 0.2) is 0 Å². The maximum Gasteiger partial charge on any atom is 0.303 e. The number of epoxide rings is 1. The van der Waals surface area contributed by atoms with Gasteiger partial charge in [0, 0.05) is 6.42 Å². The van der Waals surface area contributed by atoms with Crippen LogP contribution < -0.4 is 0 Å². The van der Waals surface area contributed by atoms with E-state index in [0.717, 1.165) is 63.4 Å². The molecule has 3 fully saturated rings. The van der Waals surface area contributed by atoms with Crippen molar-refractivity contribution < 1.29 is 24.9 Å². The SMILES string of the molecule is CC(C)(C)CCCCCC(=O)O.CC(C)(C1CCC(O)CC1)C1CCC(O)CC1.ClCC1CO1. The maximum absolute atomic E-state index is 10.2. The number of aliphatic hydroxyl groups is 2. The second-order valence-corrected chi connectivity index (χ2v) is 12.8. The Labute approximate surface area is 214 Å². The molecule has 1 heterocycles. The molecule has 1 saturated heterocycles. The van der Waals surface area contributed by atoms with Crippen molar-refractivity contribution in [3.8, 4) is 0 Å². The fourth-order valence-corrected chi connectivity index (χ4v) is 5.42. The summed E-state index contributed by atoms with van der Waals surface area (Å²) in [5, 5.41) is 27.6. The molecule has 0 aromatic rings. The lowest BCUT2D eigenvalue weighted by molar-refractivity contribution is -0.137. The zero-order valence-electron chi connectivity index (χ0n) is 22.5. The van der Waals surface area contributed by atoms with Crippen molar-refractivity contribution in [3.63, 3.8) is 0 Å². The molecule has 0 aromatic carbocycles. The van der Waals surface area contributed by atoms with Crippen molar-refractivity contribution in [2.75, 3.05) is 12.5 Å². The van der Waals surface area contributed by atoms with Gasteiger partial charge in [-0.1, -0.05) is 47.5 Å². The maximum atomic E-state index is 10.2. The van der Waals surface area contributed by atoms with Gasteiger partial charge in [0.2, 0.25) is 0 Å². The van der Waals surface area contributed by atoms with E-state index in [1.165, 1.54) is 32.1 Å². The summed E-state index contributed by atoms with van der Waals surface area (Å²) in [4.78, 5) is 10.2. The first-order valence-corrected chi connectivity index (χ1v) is 14.1. The first kappa shape index (κ1) is 31.7. The number of alkyl halides is 1. The zero-order valence-corrected chi connectivity index (χ0v) is 23.3. The van der Waals surface area contributed by atoms with Gasteiger partial charge < -0.3 is 20.1 Å². The van der Waals surface area contributed by atoms with Crippen LogP contribution in [0.25, 0.3) is 0 Å². The Kier molecular flexibility index (Phi) is 14.6. The fourth-order valence-electron chi connectivity index (χ4n) is 5.24. The van der Waals surface area contributed by atoms with Crippen LogP contribution in [0.5, 0.6) is 0 Å². The number of carboxylic acids is 1. The number of unbranched alkanes of at least 4 members (excludes halogenated alkanes) is 2. The molecule has 3 N–H and O–H groups in total. The van der Waals surface area contributed by atoms with E-state index in [0.29, 0.717) is 29.2 Å². The van der Waals surface area contributed by atoms with Crippen LogP contribution in [0.3, 0.4) is 0 Å². The van der Waals surface area contributed by atoms with Crippen molar-refractivity contribution in [3.05, 3.63) is 0 Å². The molecule has 2 saturated carbocycles. The highest BCUT2D eigenvalue weighted by molar-refractivity contribution is 6.18. The molecule has 1 atom stereocenters. The number of hydrogen-bond donors (Lipinski definition) is 3. The molecule has 5 nitrogen and oxygen atoms in total. The van der Waals surface area contributed by atoms with Crippen molar-refractivity contribution in [1.82, 2.24) is 0 Å². The molecule has 0 amide bonds. The van der Waals surface area contributed by atoms with Gasteiger partial charge in [-0.15, -0.1) is 11.6 Å². The fraction of sp³-hybridized carbons (Fsp3) is 0.964. The lowest BCUT2D eigenvalue weighted by Gasteiger charge is -2.46. The third kappa shape index (κ3) is 14.3. The van der Waals surface area contributed by atoms with E-state index in [9.17, 15) is 15.0 Å². The smallest absolute Gasteiger partial charge is 0.303 e. The van der Waals surface area contributed by atoms with Gasteiger partial charge in [-0.2, -0.15) is 0 Å². The number of rotatable bonds is 8. The summed E-state index contributed by atoms with van der Waals surface area (Å²) < 4.78 is 4.73. The molecular formula is C28H53ClO5. The number of ether oxygens (including phenoxy) is 1. The minimum atomic E-state index is -0.675. The van der Waals surface area contributed by atoms with Crippen LogP contribution in [-0.4, -0.2) is 52.1 Å². The molecule has 2 aliphatic carbocycles. The first-order valence-electron chi connectivity index (χ1n) is 13.6. The Morgan fingerprint density at radius 2 is 1.26 bits per heavy atom. The minimum absolute atomic E-state index is 0.0461. The Hall–Kier alpha value is -0.360. The lowest BCUT2D eigenvalue weighted by atomic mass is 9.60. The van der Waals surface area contributed by atoms with Crippen LogP contribution in [-0.2, 0) is 9.53 Å². The Morgan fingerprint density at radius 1 is 0.824 bits per heavy atom. The van der Waals surface area contributed by atoms with Crippen LogP contribution >= 0.6 is 11.6 Å². The number of aliphatic carboxylic acids is 1. The quantitative estimate of drug-likeness (QED) is 0.192. The predicted molar refractivity (Wildman–Crippen MR) is 140 cm³/mol. The summed E-state index contributed by atoms with van der Waals surface area (Å²) in [6.07, 6.45) is 13.5. The van der Waals surface area contributed by atoms with Gasteiger partial charge in [0.25, 0.3) is 0 Å². The number of carboxylic acid groups (broad SMARTS) is 1. The normalized spacial score (nSPS) is 29.2. The standard InChI is InChI=1S/C15H28O2.C10H20O2.C3H5ClO/c1-15(2,11-3-7-13(16)8-4-11)12-5-9-14(17)10-6-12;1-10(2,3)8-6-4-5-7-9(11)12;4-1-3-2-5-3/h11-14,16-17H,3-10H2,1-2H3;4-8H2,1-3H3,(H,11,12);3H,1-2H2. The van der Waals surface area contributed by atoms with Crippen molar-refractivity contribution in [2.45, 2.75) is 136 Å². The van der Waals surface area contributed by atoms with E-state index in [1.807, 2.05) is 0 Å². The van der Waals surface area contributed by atoms with Crippen LogP contribution in [0.1, 0.15) is 118 Å².